The first-order chi connectivity index (χ1) is 14.5. The summed E-state index contributed by atoms with van der Waals surface area (Å²) in [5.74, 6) is 0.0607. The summed E-state index contributed by atoms with van der Waals surface area (Å²) in [7, 11) is 2.83. The Bertz CT molecular complexity index is 1220. The van der Waals surface area contributed by atoms with E-state index in [2.05, 4.69) is 10.3 Å². The third kappa shape index (κ3) is 3.53. The molecule has 0 aliphatic carbocycles. The van der Waals surface area contributed by atoms with Gasteiger partial charge in [0.1, 0.15) is 22.1 Å². The lowest BCUT2D eigenvalue weighted by molar-refractivity contribution is 0.0599. The molecule has 4 rings (SSSR count). The number of para-hydroxylation sites is 1. The smallest absolute Gasteiger partial charge is 0.342 e. The highest BCUT2D eigenvalue weighted by Crippen LogP contribution is 2.40. The molecule has 1 amide bonds. The largest absolute Gasteiger partial charge is 0.497 e. The number of anilines is 1. The van der Waals surface area contributed by atoms with Crippen molar-refractivity contribution in [3.63, 3.8) is 0 Å². The molecule has 30 heavy (non-hydrogen) atoms. The second-order valence-electron chi connectivity index (χ2n) is 6.40. The predicted octanol–water partition coefficient (Wildman–Crippen LogP) is 4.91. The highest BCUT2D eigenvalue weighted by molar-refractivity contribution is 7.21. The molecule has 0 atom stereocenters. The molecule has 0 radical (unpaired) electrons. The van der Waals surface area contributed by atoms with Crippen molar-refractivity contribution in [3.05, 3.63) is 65.4 Å². The minimum absolute atomic E-state index is 0.139. The van der Waals surface area contributed by atoms with Crippen LogP contribution >= 0.6 is 11.3 Å². The number of carbonyl (C=O) groups is 2. The molecule has 0 spiro atoms. The first-order valence-electron chi connectivity index (χ1n) is 9.05. The van der Waals surface area contributed by atoms with E-state index < -0.39 is 11.9 Å². The van der Waals surface area contributed by atoms with Crippen LogP contribution in [0.25, 0.3) is 20.8 Å². The van der Waals surface area contributed by atoms with Gasteiger partial charge < -0.3 is 13.9 Å². The topological polar surface area (TPSA) is 90.7 Å². The molecule has 0 aliphatic rings. The third-order valence-corrected chi connectivity index (χ3v) is 5.59. The van der Waals surface area contributed by atoms with Crippen LogP contribution in [0.1, 0.15) is 26.5 Å². The first-order valence-corrected chi connectivity index (χ1v) is 9.86. The fourth-order valence-electron chi connectivity index (χ4n) is 3.10. The maximum atomic E-state index is 12.8. The van der Waals surface area contributed by atoms with E-state index in [0.29, 0.717) is 27.6 Å². The van der Waals surface area contributed by atoms with Crippen LogP contribution in [0.2, 0.25) is 0 Å². The molecule has 0 saturated heterocycles. The number of hydrogen-bond donors (Lipinski definition) is 1. The molecule has 2 heterocycles. The lowest BCUT2D eigenvalue weighted by Crippen LogP contribution is -2.12. The van der Waals surface area contributed by atoms with Gasteiger partial charge >= 0.3 is 5.97 Å². The summed E-state index contributed by atoms with van der Waals surface area (Å²) in [4.78, 5) is 29.9. The SMILES string of the molecule is COC(=O)c1c(C)oc(NC(=O)c2cccc(OC)c2)c1-c1nc2ccccc2s1. The number of methoxy groups -OCH3 is 2. The number of benzene rings is 2. The molecule has 0 bridgehead atoms. The number of ether oxygens (including phenoxy) is 2. The zero-order chi connectivity index (χ0) is 21.3. The molecule has 0 saturated carbocycles. The molecular weight excluding hydrogens is 404 g/mol. The van der Waals surface area contributed by atoms with Gasteiger partial charge in [-0.2, -0.15) is 0 Å². The Hall–Kier alpha value is -3.65. The minimum atomic E-state index is -0.563. The lowest BCUT2D eigenvalue weighted by atomic mass is 10.1. The number of hydrogen-bond acceptors (Lipinski definition) is 7. The molecule has 0 aliphatic heterocycles. The van der Waals surface area contributed by atoms with Crippen molar-refractivity contribution >= 4 is 39.3 Å². The molecule has 0 fully saturated rings. The Labute approximate surface area is 176 Å². The summed E-state index contributed by atoms with van der Waals surface area (Å²) in [5.41, 5.74) is 1.81. The van der Waals surface area contributed by atoms with Gasteiger partial charge in [0.05, 0.1) is 30.0 Å². The molecule has 7 nitrogen and oxygen atoms in total. The molecule has 2 aromatic carbocycles. The average molecular weight is 422 g/mol. The number of carbonyl (C=O) groups excluding carboxylic acids is 2. The Balaban J connectivity index is 1.81. The Morgan fingerprint density at radius 1 is 1.10 bits per heavy atom. The van der Waals surface area contributed by atoms with E-state index >= 15 is 0 Å². The monoisotopic (exact) mass is 422 g/mol. The van der Waals surface area contributed by atoms with Crippen LogP contribution < -0.4 is 10.1 Å². The van der Waals surface area contributed by atoms with E-state index in [4.69, 9.17) is 13.9 Å². The van der Waals surface area contributed by atoms with Crippen LogP contribution in [-0.2, 0) is 4.74 Å². The maximum Gasteiger partial charge on any atom is 0.342 e. The third-order valence-electron chi connectivity index (χ3n) is 4.54. The van der Waals surface area contributed by atoms with Crippen LogP contribution in [0.4, 0.5) is 5.88 Å². The van der Waals surface area contributed by atoms with Gasteiger partial charge in [-0.3, -0.25) is 10.1 Å². The summed E-state index contributed by atoms with van der Waals surface area (Å²) in [5, 5.41) is 3.31. The molecule has 1 N–H and O–H groups in total. The Morgan fingerprint density at radius 3 is 2.63 bits per heavy atom. The number of thiazole rings is 1. The van der Waals surface area contributed by atoms with Crippen molar-refractivity contribution in [1.82, 2.24) is 4.98 Å². The highest BCUT2D eigenvalue weighted by atomic mass is 32.1. The van der Waals surface area contributed by atoms with Crippen molar-refractivity contribution in [2.75, 3.05) is 19.5 Å². The van der Waals surface area contributed by atoms with E-state index in [0.717, 1.165) is 10.2 Å². The lowest BCUT2D eigenvalue weighted by Gasteiger charge is -2.06. The van der Waals surface area contributed by atoms with Gasteiger partial charge in [0.25, 0.3) is 5.91 Å². The van der Waals surface area contributed by atoms with Crippen LogP contribution in [0.5, 0.6) is 5.75 Å². The first kappa shape index (κ1) is 19.7. The van der Waals surface area contributed by atoms with E-state index in [1.807, 2.05) is 24.3 Å². The van der Waals surface area contributed by atoms with E-state index in [9.17, 15) is 9.59 Å². The van der Waals surface area contributed by atoms with Crippen LogP contribution in [0.3, 0.4) is 0 Å². The van der Waals surface area contributed by atoms with Crippen molar-refractivity contribution in [2.45, 2.75) is 6.92 Å². The Kier molecular flexibility index (Phi) is 5.24. The van der Waals surface area contributed by atoms with Crippen molar-refractivity contribution < 1.29 is 23.5 Å². The molecule has 152 valence electrons. The van der Waals surface area contributed by atoms with Gasteiger partial charge in [-0.05, 0) is 37.3 Å². The minimum Gasteiger partial charge on any atom is -0.497 e. The number of nitrogens with one attached hydrogen (secondary N) is 1. The van der Waals surface area contributed by atoms with Crippen LogP contribution in [-0.4, -0.2) is 31.1 Å². The van der Waals surface area contributed by atoms with Gasteiger partial charge in [-0.25, -0.2) is 9.78 Å². The fraction of sp³-hybridized carbons (Fsp3) is 0.136. The van der Waals surface area contributed by atoms with E-state index in [1.54, 1.807) is 31.2 Å². The van der Waals surface area contributed by atoms with Crippen molar-refractivity contribution in [1.29, 1.82) is 0 Å². The highest BCUT2D eigenvalue weighted by Gasteiger charge is 2.29. The van der Waals surface area contributed by atoms with Gasteiger partial charge in [0, 0.05) is 5.56 Å². The predicted molar refractivity (Wildman–Crippen MR) is 114 cm³/mol. The molecule has 0 unspecified atom stereocenters. The second-order valence-corrected chi connectivity index (χ2v) is 7.43. The van der Waals surface area contributed by atoms with Crippen LogP contribution in [0, 0.1) is 6.92 Å². The number of esters is 1. The summed E-state index contributed by atoms with van der Waals surface area (Å²) >= 11 is 1.40. The normalized spacial score (nSPS) is 10.8. The zero-order valence-electron chi connectivity index (χ0n) is 16.5. The summed E-state index contributed by atoms with van der Waals surface area (Å²) in [6, 6.07) is 14.4. The maximum absolute atomic E-state index is 12.8. The molecule has 4 aromatic rings. The molecule has 2 aromatic heterocycles. The number of amides is 1. The number of rotatable bonds is 5. The number of aromatic nitrogens is 1. The number of aryl methyl sites for hydroxylation is 1. The zero-order valence-corrected chi connectivity index (χ0v) is 17.3. The molecular formula is C22H18N2O5S. The average Bonchev–Trinajstić information content (AvgIpc) is 3.33. The van der Waals surface area contributed by atoms with E-state index in [1.165, 1.54) is 25.6 Å². The number of fused-ring (bicyclic) bond motifs is 1. The van der Waals surface area contributed by atoms with Gasteiger partial charge in [-0.15, -0.1) is 11.3 Å². The van der Waals surface area contributed by atoms with Gasteiger partial charge in [0.2, 0.25) is 5.88 Å². The van der Waals surface area contributed by atoms with Gasteiger partial charge in [-0.1, -0.05) is 18.2 Å². The standard InChI is InChI=1S/C22H18N2O5S/c1-12-17(22(26)28-3)18(21-23-15-9-4-5-10-16(15)30-21)20(29-12)24-19(25)13-7-6-8-14(11-13)27-2/h4-11H,1-3H3,(H,24,25). The summed E-state index contributed by atoms with van der Waals surface area (Å²) < 4.78 is 16.8. The van der Waals surface area contributed by atoms with Crippen molar-refractivity contribution in [2.24, 2.45) is 0 Å². The summed E-state index contributed by atoms with van der Waals surface area (Å²) in [6.07, 6.45) is 0. The summed E-state index contributed by atoms with van der Waals surface area (Å²) in [6.45, 7) is 1.64. The molecule has 8 heteroatoms. The number of furan rings is 1. The second kappa shape index (κ2) is 8.00. The van der Waals surface area contributed by atoms with Crippen molar-refractivity contribution in [3.8, 4) is 16.3 Å². The number of nitrogens with zero attached hydrogens (tertiary/aromatic N) is 1. The quantitative estimate of drug-likeness (QED) is 0.460. The fourth-order valence-corrected chi connectivity index (χ4v) is 4.12. The Morgan fingerprint density at radius 2 is 1.90 bits per heavy atom. The van der Waals surface area contributed by atoms with Gasteiger partial charge in [0.15, 0.2) is 0 Å². The van der Waals surface area contributed by atoms with Crippen LogP contribution in [0.15, 0.2) is 52.9 Å². The van der Waals surface area contributed by atoms with E-state index in [-0.39, 0.29) is 11.4 Å².